The average molecular weight is 285 g/mol. The van der Waals surface area contributed by atoms with Gasteiger partial charge in [-0.3, -0.25) is 9.59 Å². The van der Waals surface area contributed by atoms with Crippen molar-refractivity contribution in [3.63, 3.8) is 0 Å². The van der Waals surface area contributed by atoms with Gasteiger partial charge in [-0.15, -0.1) is 0 Å². The summed E-state index contributed by atoms with van der Waals surface area (Å²) >= 11 is 0. The van der Waals surface area contributed by atoms with Crippen molar-refractivity contribution in [2.24, 2.45) is 7.05 Å². The Morgan fingerprint density at radius 3 is 2.24 bits per heavy atom. The maximum absolute atomic E-state index is 12.2. The summed E-state index contributed by atoms with van der Waals surface area (Å²) in [5, 5.41) is 0. The molecule has 0 fully saturated rings. The maximum Gasteiger partial charge on any atom is 0.202 e. The Labute approximate surface area is 124 Å². The third-order valence-corrected chi connectivity index (χ3v) is 3.71. The molecule has 0 amide bonds. The van der Waals surface area contributed by atoms with Crippen LogP contribution < -0.4 is 4.74 Å². The van der Waals surface area contributed by atoms with Crippen molar-refractivity contribution < 1.29 is 14.3 Å². The van der Waals surface area contributed by atoms with Gasteiger partial charge in [-0.2, -0.15) is 0 Å². The van der Waals surface area contributed by atoms with Crippen LogP contribution in [0.25, 0.3) is 0 Å². The van der Waals surface area contributed by atoms with Crippen LogP contribution in [-0.4, -0.2) is 22.7 Å². The maximum atomic E-state index is 12.2. The number of aromatic nitrogens is 1. The van der Waals surface area contributed by atoms with E-state index in [1.54, 1.807) is 24.3 Å². The smallest absolute Gasteiger partial charge is 0.202 e. The standard InChI is InChI=1S/C17H19NO3/c1-11-9-16(12(2)18(11)4)17(20)10-21-15-7-5-14(6-8-15)13(3)19/h5-9H,10H2,1-4H3. The second kappa shape index (κ2) is 5.95. The topological polar surface area (TPSA) is 48.3 Å². The van der Waals surface area contributed by atoms with Gasteiger partial charge in [-0.1, -0.05) is 0 Å². The SMILES string of the molecule is CC(=O)c1ccc(OCC(=O)c2cc(C)n(C)c2C)cc1. The van der Waals surface area contributed by atoms with Crippen molar-refractivity contribution in [3.8, 4) is 5.75 Å². The van der Waals surface area contributed by atoms with Crippen LogP contribution >= 0.6 is 0 Å². The molecule has 0 unspecified atom stereocenters. The fourth-order valence-corrected chi connectivity index (χ4v) is 2.15. The first kappa shape index (κ1) is 15.0. The van der Waals surface area contributed by atoms with Crippen molar-refractivity contribution in [3.05, 3.63) is 52.8 Å². The van der Waals surface area contributed by atoms with Crippen LogP contribution in [0.5, 0.6) is 5.75 Å². The molecule has 0 aliphatic heterocycles. The predicted molar refractivity (Wildman–Crippen MR) is 81.2 cm³/mol. The van der Waals surface area contributed by atoms with E-state index >= 15 is 0 Å². The van der Waals surface area contributed by atoms with Gasteiger partial charge in [0.25, 0.3) is 0 Å². The number of carbonyl (C=O) groups excluding carboxylic acids is 2. The van der Waals surface area contributed by atoms with E-state index in [-0.39, 0.29) is 18.2 Å². The molecule has 0 spiro atoms. The van der Waals surface area contributed by atoms with E-state index in [9.17, 15) is 9.59 Å². The lowest BCUT2D eigenvalue weighted by Gasteiger charge is -2.06. The van der Waals surface area contributed by atoms with Crippen molar-refractivity contribution in [2.45, 2.75) is 20.8 Å². The highest BCUT2D eigenvalue weighted by atomic mass is 16.5. The summed E-state index contributed by atoms with van der Waals surface area (Å²) < 4.78 is 7.47. The largest absolute Gasteiger partial charge is 0.485 e. The van der Waals surface area contributed by atoms with E-state index in [1.807, 2.05) is 31.5 Å². The van der Waals surface area contributed by atoms with Gasteiger partial charge in [-0.05, 0) is 51.1 Å². The highest BCUT2D eigenvalue weighted by Crippen LogP contribution is 2.16. The lowest BCUT2D eigenvalue weighted by Crippen LogP contribution is -2.12. The van der Waals surface area contributed by atoms with E-state index in [0.717, 1.165) is 11.4 Å². The van der Waals surface area contributed by atoms with Crippen molar-refractivity contribution >= 4 is 11.6 Å². The number of carbonyl (C=O) groups is 2. The third kappa shape index (κ3) is 3.21. The number of benzene rings is 1. The van der Waals surface area contributed by atoms with Gasteiger partial charge < -0.3 is 9.30 Å². The highest BCUT2D eigenvalue weighted by Gasteiger charge is 2.14. The van der Waals surface area contributed by atoms with Gasteiger partial charge in [0.05, 0.1) is 0 Å². The van der Waals surface area contributed by atoms with E-state index < -0.39 is 0 Å². The van der Waals surface area contributed by atoms with E-state index in [4.69, 9.17) is 4.74 Å². The zero-order valence-electron chi connectivity index (χ0n) is 12.8. The average Bonchev–Trinajstić information content (AvgIpc) is 2.73. The predicted octanol–water partition coefficient (Wildman–Crippen LogP) is 3.11. The van der Waals surface area contributed by atoms with Crippen LogP contribution in [0.2, 0.25) is 0 Å². The zero-order valence-corrected chi connectivity index (χ0v) is 12.8. The molecule has 21 heavy (non-hydrogen) atoms. The molecule has 2 aromatic rings. The second-order valence-corrected chi connectivity index (χ2v) is 5.14. The van der Waals surface area contributed by atoms with Crippen molar-refractivity contribution in [2.75, 3.05) is 6.61 Å². The minimum atomic E-state index is -0.0492. The molecule has 0 saturated carbocycles. The zero-order chi connectivity index (χ0) is 15.6. The number of ketones is 2. The van der Waals surface area contributed by atoms with Crippen LogP contribution in [0.4, 0.5) is 0 Å². The summed E-state index contributed by atoms with van der Waals surface area (Å²) in [4.78, 5) is 23.4. The fourth-order valence-electron chi connectivity index (χ4n) is 2.15. The molecule has 110 valence electrons. The molecule has 0 bridgehead atoms. The molecule has 0 saturated heterocycles. The molecule has 1 heterocycles. The molecule has 0 N–H and O–H groups in total. The summed E-state index contributed by atoms with van der Waals surface area (Å²) in [6.07, 6.45) is 0. The molecule has 0 aliphatic carbocycles. The number of nitrogens with zero attached hydrogens (tertiary/aromatic N) is 1. The van der Waals surface area contributed by atoms with Gasteiger partial charge in [-0.25, -0.2) is 0 Å². The molecule has 4 nitrogen and oxygen atoms in total. The molecular formula is C17H19NO3. The van der Waals surface area contributed by atoms with E-state index in [1.165, 1.54) is 6.92 Å². The summed E-state index contributed by atoms with van der Waals surface area (Å²) in [7, 11) is 1.93. The fraction of sp³-hybridized carbons (Fsp3) is 0.294. The molecule has 0 aliphatic rings. The Hall–Kier alpha value is -2.36. The summed E-state index contributed by atoms with van der Waals surface area (Å²) in [5.41, 5.74) is 3.30. The Kier molecular flexibility index (Phi) is 4.26. The quantitative estimate of drug-likeness (QED) is 0.793. The lowest BCUT2D eigenvalue weighted by atomic mass is 10.1. The van der Waals surface area contributed by atoms with Gasteiger partial charge >= 0.3 is 0 Å². The number of aryl methyl sites for hydroxylation is 1. The Morgan fingerprint density at radius 2 is 1.76 bits per heavy atom. The first-order valence-electron chi connectivity index (χ1n) is 6.80. The summed E-state index contributed by atoms with van der Waals surface area (Å²) in [6.45, 7) is 5.39. The van der Waals surface area contributed by atoms with Crippen LogP contribution in [-0.2, 0) is 7.05 Å². The second-order valence-electron chi connectivity index (χ2n) is 5.14. The van der Waals surface area contributed by atoms with Crippen LogP contribution in [0.15, 0.2) is 30.3 Å². The first-order valence-corrected chi connectivity index (χ1v) is 6.80. The molecule has 1 aromatic carbocycles. The van der Waals surface area contributed by atoms with Gasteiger partial charge in [0.1, 0.15) is 5.75 Å². The van der Waals surface area contributed by atoms with Crippen molar-refractivity contribution in [1.82, 2.24) is 4.57 Å². The minimum absolute atomic E-state index is 0.00742. The third-order valence-electron chi connectivity index (χ3n) is 3.71. The lowest BCUT2D eigenvalue weighted by molar-refractivity contribution is 0.0919. The number of hydrogen-bond donors (Lipinski definition) is 0. The van der Waals surface area contributed by atoms with Crippen LogP contribution in [0.1, 0.15) is 39.0 Å². The summed E-state index contributed by atoms with van der Waals surface area (Å²) in [6, 6.07) is 8.67. The van der Waals surface area contributed by atoms with Crippen LogP contribution in [0.3, 0.4) is 0 Å². The first-order chi connectivity index (χ1) is 9.90. The Balaban J connectivity index is 2.04. The number of Topliss-reactive ketones (excluding diaryl/α,β-unsaturated/α-hetero) is 2. The van der Waals surface area contributed by atoms with E-state index in [2.05, 4.69) is 0 Å². The number of hydrogen-bond acceptors (Lipinski definition) is 3. The molecule has 2 rings (SSSR count). The molecule has 0 radical (unpaired) electrons. The van der Waals surface area contributed by atoms with E-state index in [0.29, 0.717) is 16.9 Å². The Bertz CT molecular complexity index is 681. The van der Waals surface area contributed by atoms with Crippen LogP contribution in [0, 0.1) is 13.8 Å². The molecule has 1 aromatic heterocycles. The number of rotatable bonds is 5. The van der Waals surface area contributed by atoms with Crippen molar-refractivity contribution in [1.29, 1.82) is 0 Å². The van der Waals surface area contributed by atoms with Gasteiger partial charge in [0.15, 0.2) is 12.4 Å². The normalized spacial score (nSPS) is 10.5. The minimum Gasteiger partial charge on any atom is -0.485 e. The molecular weight excluding hydrogens is 266 g/mol. The monoisotopic (exact) mass is 285 g/mol. The molecule has 0 atom stereocenters. The molecule has 4 heteroatoms. The summed E-state index contributed by atoms with van der Waals surface area (Å²) in [5.74, 6) is 0.540. The van der Waals surface area contributed by atoms with Gasteiger partial charge in [0.2, 0.25) is 5.78 Å². The number of ether oxygens (including phenoxy) is 1. The van der Waals surface area contributed by atoms with Gasteiger partial charge in [0, 0.05) is 29.6 Å². The highest BCUT2D eigenvalue weighted by molar-refractivity contribution is 5.98. The Morgan fingerprint density at radius 1 is 1.14 bits per heavy atom.